The summed E-state index contributed by atoms with van der Waals surface area (Å²) >= 11 is 7.49. The molecule has 1 unspecified atom stereocenters. The number of thioether (sulfide) groups is 1. The number of rotatable bonds is 6. The molecule has 0 saturated carbocycles. The molecule has 0 aliphatic carbocycles. The molecular weight excluding hydrogens is 321 g/mol. The summed E-state index contributed by atoms with van der Waals surface area (Å²) < 4.78 is 12.8. The van der Waals surface area contributed by atoms with E-state index in [1.807, 2.05) is 31.2 Å². The molecule has 2 aromatic rings. The predicted molar refractivity (Wildman–Crippen MR) is 90.5 cm³/mol. The number of hydrogen-bond acceptors (Lipinski definition) is 2. The molecule has 5 heteroatoms. The van der Waals surface area contributed by atoms with Gasteiger partial charge in [-0.2, -0.15) is 0 Å². The summed E-state index contributed by atoms with van der Waals surface area (Å²) in [7, 11) is 0. The fourth-order valence-electron chi connectivity index (χ4n) is 1.86. The summed E-state index contributed by atoms with van der Waals surface area (Å²) in [6.45, 7) is 2.27. The smallest absolute Gasteiger partial charge is 0.233 e. The molecule has 0 saturated heterocycles. The Bertz CT molecular complexity index is 633. The molecule has 0 fully saturated rings. The average Bonchev–Trinajstić information content (AvgIpc) is 2.52. The van der Waals surface area contributed by atoms with Gasteiger partial charge in [0, 0.05) is 17.3 Å². The van der Waals surface area contributed by atoms with Crippen molar-refractivity contribution in [3.63, 3.8) is 0 Å². The van der Waals surface area contributed by atoms with Crippen LogP contribution in [0.2, 0.25) is 5.02 Å². The molecule has 0 bridgehead atoms. The lowest BCUT2D eigenvalue weighted by Crippen LogP contribution is -2.30. The van der Waals surface area contributed by atoms with E-state index in [2.05, 4.69) is 5.32 Å². The predicted octanol–water partition coefficient (Wildman–Crippen LogP) is 4.42. The maximum atomic E-state index is 12.8. The highest BCUT2D eigenvalue weighted by Gasteiger charge is 2.13. The second-order valence-electron chi connectivity index (χ2n) is 4.93. The van der Waals surface area contributed by atoms with Crippen LogP contribution >= 0.6 is 23.4 Å². The topological polar surface area (TPSA) is 29.1 Å². The summed E-state index contributed by atoms with van der Waals surface area (Å²) in [6, 6.07) is 13.7. The fraction of sp³-hybridized carbons (Fsp3) is 0.235. The minimum Gasteiger partial charge on any atom is -0.351 e. The third-order valence-corrected chi connectivity index (χ3v) is 4.59. The minimum absolute atomic E-state index is 0.0312. The monoisotopic (exact) mass is 337 g/mol. The average molecular weight is 338 g/mol. The molecule has 2 aromatic carbocycles. The Labute approximate surface area is 139 Å². The Kier molecular flexibility index (Phi) is 6.28. The van der Waals surface area contributed by atoms with Crippen LogP contribution in [0.25, 0.3) is 0 Å². The molecule has 2 rings (SSSR count). The number of amides is 1. The van der Waals surface area contributed by atoms with Crippen molar-refractivity contribution in [3.05, 3.63) is 70.5 Å². The van der Waals surface area contributed by atoms with Gasteiger partial charge in [-0.3, -0.25) is 4.79 Å². The van der Waals surface area contributed by atoms with Crippen LogP contribution in [0.3, 0.4) is 0 Å². The van der Waals surface area contributed by atoms with Crippen molar-refractivity contribution in [3.8, 4) is 0 Å². The first-order valence-electron chi connectivity index (χ1n) is 6.93. The summed E-state index contributed by atoms with van der Waals surface area (Å²) in [5.41, 5.74) is 1.97. The van der Waals surface area contributed by atoms with Crippen LogP contribution in [0.4, 0.5) is 4.39 Å². The van der Waals surface area contributed by atoms with Gasteiger partial charge in [0.15, 0.2) is 0 Å². The molecule has 0 radical (unpaired) electrons. The Hall–Kier alpha value is -1.52. The van der Waals surface area contributed by atoms with Gasteiger partial charge in [0.1, 0.15) is 5.82 Å². The van der Waals surface area contributed by atoms with Crippen molar-refractivity contribution in [1.82, 2.24) is 5.32 Å². The van der Waals surface area contributed by atoms with Crippen LogP contribution in [-0.4, -0.2) is 11.2 Å². The minimum atomic E-state index is -0.277. The Morgan fingerprint density at radius 2 is 1.95 bits per heavy atom. The van der Waals surface area contributed by atoms with E-state index in [1.165, 1.54) is 12.1 Å². The summed E-state index contributed by atoms with van der Waals surface area (Å²) in [5.74, 6) is 0.419. The Balaban J connectivity index is 1.78. The molecule has 0 heterocycles. The number of hydrogen-bond donors (Lipinski definition) is 1. The number of nitrogens with one attached hydrogen (secondary N) is 1. The third kappa shape index (κ3) is 5.35. The molecule has 2 nitrogen and oxygen atoms in total. The quantitative estimate of drug-likeness (QED) is 0.845. The van der Waals surface area contributed by atoms with Gasteiger partial charge in [0.2, 0.25) is 5.91 Å². The molecule has 1 N–H and O–H groups in total. The van der Waals surface area contributed by atoms with Crippen LogP contribution in [0, 0.1) is 5.82 Å². The number of benzene rings is 2. The second-order valence-corrected chi connectivity index (χ2v) is 6.69. The van der Waals surface area contributed by atoms with E-state index < -0.39 is 0 Å². The van der Waals surface area contributed by atoms with Crippen LogP contribution in [0.1, 0.15) is 18.1 Å². The Morgan fingerprint density at radius 3 is 2.64 bits per heavy atom. The molecule has 116 valence electrons. The standard InChI is InChI=1S/C17H17ClFNOS/c1-12(22-11-14-3-2-4-15(18)9-14)17(21)20-10-13-5-7-16(19)8-6-13/h2-9,12H,10-11H2,1H3,(H,20,21). The largest absolute Gasteiger partial charge is 0.351 e. The van der Waals surface area contributed by atoms with Crippen molar-refractivity contribution in [1.29, 1.82) is 0 Å². The summed E-state index contributed by atoms with van der Waals surface area (Å²) in [5, 5.41) is 3.39. The van der Waals surface area contributed by atoms with E-state index >= 15 is 0 Å². The van der Waals surface area contributed by atoms with Crippen molar-refractivity contribution in [2.24, 2.45) is 0 Å². The number of carbonyl (C=O) groups excluding carboxylic acids is 1. The van der Waals surface area contributed by atoms with Crippen molar-refractivity contribution in [2.45, 2.75) is 24.5 Å². The zero-order valence-electron chi connectivity index (χ0n) is 12.2. The molecule has 0 aromatic heterocycles. The van der Waals surface area contributed by atoms with E-state index in [1.54, 1.807) is 23.9 Å². The summed E-state index contributed by atoms with van der Waals surface area (Å²) in [6.07, 6.45) is 0. The van der Waals surface area contributed by atoms with Crippen LogP contribution in [-0.2, 0) is 17.1 Å². The summed E-state index contributed by atoms with van der Waals surface area (Å²) in [4.78, 5) is 12.0. The zero-order chi connectivity index (χ0) is 15.9. The van der Waals surface area contributed by atoms with Gasteiger partial charge >= 0.3 is 0 Å². The maximum Gasteiger partial charge on any atom is 0.233 e. The van der Waals surface area contributed by atoms with Crippen LogP contribution < -0.4 is 5.32 Å². The van der Waals surface area contributed by atoms with Crippen molar-refractivity contribution in [2.75, 3.05) is 0 Å². The van der Waals surface area contributed by atoms with E-state index in [9.17, 15) is 9.18 Å². The fourth-order valence-corrected chi connectivity index (χ4v) is 2.93. The van der Waals surface area contributed by atoms with Crippen molar-refractivity contribution >= 4 is 29.3 Å². The molecular formula is C17H17ClFNOS. The normalized spacial score (nSPS) is 12.0. The number of halogens is 2. The lowest BCUT2D eigenvalue weighted by Gasteiger charge is -2.12. The first-order valence-corrected chi connectivity index (χ1v) is 8.35. The van der Waals surface area contributed by atoms with E-state index in [0.717, 1.165) is 16.9 Å². The highest BCUT2D eigenvalue weighted by molar-refractivity contribution is 7.99. The van der Waals surface area contributed by atoms with Gasteiger partial charge < -0.3 is 5.32 Å². The van der Waals surface area contributed by atoms with Gasteiger partial charge in [0.05, 0.1) is 5.25 Å². The van der Waals surface area contributed by atoms with E-state index in [0.29, 0.717) is 11.6 Å². The third-order valence-electron chi connectivity index (χ3n) is 3.14. The van der Waals surface area contributed by atoms with E-state index in [4.69, 9.17) is 11.6 Å². The first kappa shape index (κ1) is 16.8. The van der Waals surface area contributed by atoms with Gasteiger partial charge in [-0.15, -0.1) is 11.8 Å². The van der Waals surface area contributed by atoms with Gasteiger partial charge in [-0.1, -0.05) is 35.9 Å². The Morgan fingerprint density at radius 1 is 1.23 bits per heavy atom. The van der Waals surface area contributed by atoms with E-state index in [-0.39, 0.29) is 17.0 Å². The molecule has 0 spiro atoms. The van der Waals surface area contributed by atoms with Gasteiger partial charge in [0.25, 0.3) is 0 Å². The van der Waals surface area contributed by atoms with Crippen LogP contribution in [0.5, 0.6) is 0 Å². The molecule has 1 atom stereocenters. The number of carbonyl (C=O) groups is 1. The SMILES string of the molecule is CC(SCc1cccc(Cl)c1)C(=O)NCc1ccc(F)cc1. The lowest BCUT2D eigenvalue weighted by molar-refractivity contribution is -0.120. The van der Waals surface area contributed by atoms with Gasteiger partial charge in [-0.25, -0.2) is 4.39 Å². The highest BCUT2D eigenvalue weighted by Crippen LogP contribution is 2.20. The maximum absolute atomic E-state index is 12.8. The van der Waals surface area contributed by atoms with Crippen molar-refractivity contribution < 1.29 is 9.18 Å². The molecule has 0 aliphatic rings. The van der Waals surface area contributed by atoms with Gasteiger partial charge in [-0.05, 0) is 42.3 Å². The van der Waals surface area contributed by atoms with Crippen LogP contribution in [0.15, 0.2) is 48.5 Å². The zero-order valence-corrected chi connectivity index (χ0v) is 13.8. The second kappa shape index (κ2) is 8.20. The molecule has 22 heavy (non-hydrogen) atoms. The molecule has 1 amide bonds. The highest BCUT2D eigenvalue weighted by atomic mass is 35.5. The molecule has 0 aliphatic heterocycles. The lowest BCUT2D eigenvalue weighted by atomic mass is 10.2. The first-order chi connectivity index (χ1) is 10.5.